The van der Waals surface area contributed by atoms with E-state index in [1.54, 1.807) is 18.2 Å². The van der Waals surface area contributed by atoms with E-state index >= 15 is 0 Å². The molecule has 0 bridgehead atoms. The second kappa shape index (κ2) is 7.26. The molecule has 22 heavy (non-hydrogen) atoms. The van der Waals surface area contributed by atoms with Crippen LogP contribution in [-0.4, -0.2) is 38.3 Å². The summed E-state index contributed by atoms with van der Waals surface area (Å²) >= 11 is 1.49. The lowest BCUT2D eigenvalue weighted by molar-refractivity contribution is -0.119. The number of sulfonamides is 1. The Morgan fingerprint density at radius 1 is 1.32 bits per heavy atom. The van der Waals surface area contributed by atoms with Crippen LogP contribution in [0.3, 0.4) is 0 Å². The number of hydrogen-bond acceptors (Lipinski definition) is 5. The third kappa shape index (κ3) is 4.56. The van der Waals surface area contributed by atoms with Gasteiger partial charge >= 0.3 is 0 Å². The van der Waals surface area contributed by atoms with Crippen molar-refractivity contribution in [2.75, 3.05) is 18.8 Å². The average molecular weight is 341 g/mol. The van der Waals surface area contributed by atoms with Gasteiger partial charge in [0.25, 0.3) is 0 Å². The number of aryl methyl sites for hydroxylation is 2. The van der Waals surface area contributed by atoms with E-state index in [1.807, 2.05) is 13.8 Å². The minimum absolute atomic E-state index is 0.0546. The highest BCUT2D eigenvalue weighted by Gasteiger charge is 2.16. The minimum atomic E-state index is -3.59. The van der Waals surface area contributed by atoms with E-state index in [1.165, 1.54) is 11.8 Å². The van der Waals surface area contributed by atoms with E-state index < -0.39 is 10.0 Å². The fourth-order valence-corrected chi connectivity index (χ4v) is 3.72. The van der Waals surface area contributed by atoms with Gasteiger partial charge in [-0.2, -0.15) is 0 Å². The molecule has 1 aromatic carbocycles. The zero-order valence-corrected chi connectivity index (χ0v) is 14.2. The Balaban J connectivity index is 1.86. The average Bonchev–Trinajstić information content (AvgIpc) is 2.94. The standard InChI is InChI=1S/C14H19N3O3S2/c1-10-3-4-12(9-11(10)2)22(19,20)16-6-5-13(18)17-14-15-7-8-21-14/h3-4,9,16H,5-8H2,1-2H3,(H,15,17,18). The third-order valence-corrected chi connectivity index (χ3v) is 5.61. The summed E-state index contributed by atoms with van der Waals surface area (Å²) in [6, 6.07) is 4.96. The Bertz CT molecular complexity index is 699. The molecular formula is C14H19N3O3S2. The Kier molecular flexibility index (Phi) is 5.60. The van der Waals surface area contributed by atoms with Crippen molar-refractivity contribution in [3.8, 4) is 0 Å². The molecule has 1 aromatic rings. The molecule has 1 aliphatic heterocycles. The quantitative estimate of drug-likeness (QED) is 0.842. The number of nitrogens with one attached hydrogen (secondary N) is 2. The van der Waals surface area contributed by atoms with E-state index in [2.05, 4.69) is 15.0 Å². The van der Waals surface area contributed by atoms with Crippen molar-refractivity contribution in [2.24, 2.45) is 4.99 Å². The molecule has 1 aliphatic rings. The molecule has 2 rings (SSSR count). The maximum absolute atomic E-state index is 12.2. The van der Waals surface area contributed by atoms with Crippen LogP contribution in [0, 0.1) is 13.8 Å². The number of nitrogens with zero attached hydrogens (tertiary/aromatic N) is 1. The molecule has 0 saturated heterocycles. The molecule has 0 unspecified atom stereocenters. The van der Waals surface area contributed by atoms with Crippen molar-refractivity contribution in [3.63, 3.8) is 0 Å². The predicted molar refractivity (Wildman–Crippen MR) is 88.6 cm³/mol. The fraction of sp³-hybridized carbons (Fsp3) is 0.429. The highest BCUT2D eigenvalue weighted by Crippen LogP contribution is 2.14. The highest BCUT2D eigenvalue weighted by molar-refractivity contribution is 8.14. The SMILES string of the molecule is Cc1ccc(S(=O)(=O)NCCC(=O)NC2=NCCS2)cc1C. The molecule has 1 heterocycles. The zero-order chi connectivity index (χ0) is 16.2. The van der Waals surface area contributed by atoms with Gasteiger partial charge in [-0.25, -0.2) is 13.1 Å². The molecule has 0 spiro atoms. The second-order valence-corrected chi connectivity index (χ2v) is 7.83. The second-order valence-electron chi connectivity index (χ2n) is 4.98. The van der Waals surface area contributed by atoms with E-state index in [9.17, 15) is 13.2 Å². The molecule has 120 valence electrons. The van der Waals surface area contributed by atoms with Crippen molar-refractivity contribution < 1.29 is 13.2 Å². The lowest BCUT2D eigenvalue weighted by Crippen LogP contribution is -2.32. The summed E-state index contributed by atoms with van der Waals surface area (Å²) in [5, 5.41) is 3.27. The highest BCUT2D eigenvalue weighted by atomic mass is 32.2. The molecule has 1 amide bonds. The van der Waals surface area contributed by atoms with Gasteiger partial charge in [0, 0.05) is 18.7 Å². The molecule has 0 fully saturated rings. The van der Waals surface area contributed by atoms with Gasteiger partial charge < -0.3 is 5.32 Å². The number of aliphatic imine (C=N–C) groups is 1. The van der Waals surface area contributed by atoms with Crippen LogP contribution in [-0.2, 0) is 14.8 Å². The van der Waals surface area contributed by atoms with Crippen molar-refractivity contribution in [2.45, 2.75) is 25.2 Å². The minimum Gasteiger partial charge on any atom is -0.305 e. The van der Waals surface area contributed by atoms with Crippen LogP contribution in [0.25, 0.3) is 0 Å². The summed E-state index contributed by atoms with van der Waals surface area (Å²) < 4.78 is 26.7. The number of carbonyl (C=O) groups is 1. The molecule has 0 saturated carbocycles. The first kappa shape index (κ1) is 17.0. The van der Waals surface area contributed by atoms with Crippen LogP contribution < -0.4 is 10.0 Å². The Morgan fingerprint density at radius 3 is 2.73 bits per heavy atom. The van der Waals surface area contributed by atoms with Crippen molar-refractivity contribution in [1.29, 1.82) is 0 Å². The third-order valence-electron chi connectivity index (χ3n) is 3.26. The maximum Gasteiger partial charge on any atom is 0.240 e. The predicted octanol–water partition coefficient (Wildman–Crippen LogP) is 1.19. The van der Waals surface area contributed by atoms with Gasteiger partial charge in [-0.15, -0.1) is 0 Å². The molecular weight excluding hydrogens is 322 g/mol. The van der Waals surface area contributed by atoms with Crippen LogP contribution in [0.1, 0.15) is 17.5 Å². The number of hydrogen-bond donors (Lipinski definition) is 2. The molecule has 2 N–H and O–H groups in total. The van der Waals surface area contributed by atoms with Crippen LogP contribution >= 0.6 is 11.8 Å². The molecule has 8 heteroatoms. The summed E-state index contributed by atoms with van der Waals surface area (Å²) in [4.78, 5) is 16.0. The van der Waals surface area contributed by atoms with Gasteiger partial charge in [-0.05, 0) is 37.1 Å². The summed E-state index contributed by atoms with van der Waals surface area (Å²) in [6.07, 6.45) is 0.0731. The monoisotopic (exact) mass is 341 g/mol. The van der Waals surface area contributed by atoms with E-state index in [0.717, 1.165) is 16.9 Å². The molecule has 0 aliphatic carbocycles. The van der Waals surface area contributed by atoms with Crippen LogP contribution in [0.2, 0.25) is 0 Å². The number of thioether (sulfide) groups is 1. The normalized spacial score (nSPS) is 14.7. The topological polar surface area (TPSA) is 87.6 Å². The zero-order valence-electron chi connectivity index (χ0n) is 12.5. The summed E-state index contributed by atoms with van der Waals surface area (Å²) in [7, 11) is -3.59. The molecule has 0 radical (unpaired) electrons. The smallest absolute Gasteiger partial charge is 0.240 e. The van der Waals surface area contributed by atoms with Crippen molar-refractivity contribution in [3.05, 3.63) is 29.3 Å². The van der Waals surface area contributed by atoms with Gasteiger partial charge in [0.1, 0.15) is 0 Å². The summed E-state index contributed by atoms with van der Waals surface area (Å²) in [6.45, 7) is 4.55. The summed E-state index contributed by atoms with van der Waals surface area (Å²) in [5.74, 6) is 0.630. The first-order valence-electron chi connectivity index (χ1n) is 6.92. The Hall–Kier alpha value is -1.38. The van der Waals surface area contributed by atoms with Gasteiger partial charge in [0.05, 0.1) is 11.4 Å². The van der Waals surface area contributed by atoms with Gasteiger partial charge in [-0.3, -0.25) is 9.79 Å². The van der Waals surface area contributed by atoms with Gasteiger partial charge in [-0.1, -0.05) is 17.8 Å². The molecule has 0 atom stereocenters. The van der Waals surface area contributed by atoms with Crippen LogP contribution in [0.15, 0.2) is 28.1 Å². The van der Waals surface area contributed by atoms with Gasteiger partial charge in [0.15, 0.2) is 5.17 Å². The first-order valence-corrected chi connectivity index (χ1v) is 9.39. The van der Waals surface area contributed by atoms with Crippen LogP contribution in [0.5, 0.6) is 0 Å². The number of benzene rings is 1. The van der Waals surface area contributed by atoms with E-state index in [-0.39, 0.29) is 23.8 Å². The van der Waals surface area contributed by atoms with Gasteiger partial charge in [0.2, 0.25) is 15.9 Å². The maximum atomic E-state index is 12.2. The number of carbonyl (C=O) groups excluding carboxylic acids is 1. The lowest BCUT2D eigenvalue weighted by Gasteiger charge is -2.09. The fourth-order valence-electron chi connectivity index (χ4n) is 1.86. The number of rotatable bonds is 5. The van der Waals surface area contributed by atoms with Crippen molar-refractivity contribution >= 4 is 32.9 Å². The lowest BCUT2D eigenvalue weighted by atomic mass is 10.1. The Labute approximate surface area is 134 Å². The summed E-state index contributed by atoms with van der Waals surface area (Å²) in [5.41, 5.74) is 1.95. The molecule has 6 nitrogen and oxygen atoms in total. The number of amides is 1. The van der Waals surface area contributed by atoms with E-state index in [4.69, 9.17) is 0 Å². The Morgan fingerprint density at radius 2 is 2.09 bits per heavy atom. The number of amidine groups is 1. The molecule has 0 aromatic heterocycles. The first-order chi connectivity index (χ1) is 10.4. The van der Waals surface area contributed by atoms with Crippen molar-refractivity contribution in [1.82, 2.24) is 10.0 Å². The van der Waals surface area contributed by atoms with Crippen LogP contribution in [0.4, 0.5) is 0 Å². The largest absolute Gasteiger partial charge is 0.305 e. The van der Waals surface area contributed by atoms with E-state index in [0.29, 0.717) is 11.7 Å².